The maximum Gasteiger partial charge on any atom is 0.270 e. The molecule has 37 heavy (non-hydrogen) atoms. The lowest BCUT2D eigenvalue weighted by molar-refractivity contribution is 0.0940. The van der Waals surface area contributed by atoms with Gasteiger partial charge in [0.15, 0.2) is 0 Å². The van der Waals surface area contributed by atoms with Crippen molar-refractivity contribution in [3.8, 4) is 11.5 Å². The van der Waals surface area contributed by atoms with Crippen LogP contribution in [0.5, 0.6) is 11.5 Å². The molecule has 0 radical (unpaired) electrons. The molecule has 0 atom stereocenters. The first-order valence-corrected chi connectivity index (χ1v) is 12.3. The van der Waals surface area contributed by atoms with Gasteiger partial charge in [0.05, 0.1) is 25.5 Å². The molecule has 0 spiro atoms. The second-order valence-electron chi connectivity index (χ2n) is 8.89. The van der Waals surface area contributed by atoms with Gasteiger partial charge >= 0.3 is 0 Å². The van der Waals surface area contributed by atoms with E-state index in [1.807, 2.05) is 43.3 Å². The monoisotopic (exact) mass is 503 g/mol. The fourth-order valence-electron chi connectivity index (χ4n) is 4.58. The van der Waals surface area contributed by atoms with Crippen LogP contribution in [0, 0.1) is 12.7 Å². The summed E-state index contributed by atoms with van der Waals surface area (Å²) in [6.45, 7) is 6.05. The van der Waals surface area contributed by atoms with E-state index in [-0.39, 0.29) is 11.7 Å². The zero-order valence-electron chi connectivity index (χ0n) is 21.0. The number of methoxy groups -OCH3 is 1. The number of halogens is 1. The lowest BCUT2D eigenvalue weighted by Gasteiger charge is -2.37. The van der Waals surface area contributed by atoms with Crippen molar-refractivity contribution in [3.05, 3.63) is 84.1 Å². The first-order valence-electron chi connectivity index (χ1n) is 12.3. The maximum absolute atomic E-state index is 13.2. The number of imidazole rings is 1. The van der Waals surface area contributed by atoms with Crippen LogP contribution in [-0.2, 0) is 0 Å². The topological polar surface area (TPSA) is 71.3 Å². The summed E-state index contributed by atoms with van der Waals surface area (Å²) in [4.78, 5) is 21.9. The van der Waals surface area contributed by atoms with Gasteiger partial charge in [0.25, 0.3) is 5.91 Å². The summed E-state index contributed by atoms with van der Waals surface area (Å²) < 4.78 is 26.0. The van der Waals surface area contributed by atoms with E-state index >= 15 is 0 Å². The Morgan fingerprint density at radius 3 is 2.14 bits per heavy atom. The summed E-state index contributed by atoms with van der Waals surface area (Å²) in [6.07, 6.45) is 1.75. The maximum atomic E-state index is 13.2. The van der Waals surface area contributed by atoms with Crippen LogP contribution in [-0.4, -0.2) is 61.7 Å². The second kappa shape index (κ2) is 10.8. The van der Waals surface area contributed by atoms with Crippen molar-refractivity contribution in [3.63, 3.8) is 0 Å². The van der Waals surface area contributed by atoms with Crippen LogP contribution >= 0.6 is 0 Å². The highest BCUT2D eigenvalue weighted by atomic mass is 19.1. The largest absolute Gasteiger partial charge is 0.495 e. The van der Waals surface area contributed by atoms with Gasteiger partial charge in [-0.2, -0.15) is 0 Å². The summed E-state index contributed by atoms with van der Waals surface area (Å²) >= 11 is 0. The average Bonchev–Trinajstić information content (AvgIpc) is 3.26. The van der Waals surface area contributed by atoms with Gasteiger partial charge in [-0.15, -0.1) is 0 Å². The van der Waals surface area contributed by atoms with Crippen molar-refractivity contribution in [2.24, 2.45) is 0 Å². The number of benzene rings is 2. The normalized spacial score (nSPS) is 13.6. The van der Waals surface area contributed by atoms with Gasteiger partial charge in [0, 0.05) is 37.6 Å². The number of nitrogens with zero attached hydrogens (tertiary/aromatic N) is 4. The molecule has 1 N–H and O–H groups in total. The van der Waals surface area contributed by atoms with Crippen molar-refractivity contribution in [2.45, 2.75) is 6.92 Å². The van der Waals surface area contributed by atoms with Crippen LogP contribution in [0.4, 0.5) is 15.8 Å². The van der Waals surface area contributed by atoms with Crippen LogP contribution in [0.25, 0.3) is 5.65 Å². The molecule has 2 aromatic heterocycles. The fraction of sp³-hybridized carbons (Fsp3) is 0.286. The lowest BCUT2D eigenvalue weighted by atomic mass is 10.2. The molecule has 2 aromatic carbocycles. The Morgan fingerprint density at radius 1 is 0.919 bits per heavy atom. The Hall–Kier alpha value is -4.27. The fourth-order valence-corrected chi connectivity index (χ4v) is 4.58. The first-order chi connectivity index (χ1) is 18.0. The number of carbonyl (C=O) groups is 1. The van der Waals surface area contributed by atoms with E-state index in [0.29, 0.717) is 35.9 Å². The number of amides is 1. The number of hydrogen-bond donors (Lipinski definition) is 1. The summed E-state index contributed by atoms with van der Waals surface area (Å²) in [5, 5.41) is 2.91. The first kappa shape index (κ1) is 24.4. The Morgan fingerprint density at radius 2 is 1.51 bits per heavy atom. The summed E-state index contributed by atoms with van der Waals surface area (Å²) in [5.41, 5.74) is 4.02. The molecular weight excluding hydrogens is 473 g/mol. The summed E-state index contributed by atoms with van der Waals surface area (Å²) in [5.74, 6) is 0.978. The van der Waals surface area contributed by atoms with Crippen molar-refractivity contribution < 1.29 is 18.7 Å². The molecule has 3 heterocycles. The predicted octanol–water partition coefficient (Wildman–Crippen LogP) is 3.93. The highest BCUT2D eigenvalue weighted by Gasteiger charge is 2.18. The Balaban J connectivity index is 1.09. The van der Waals surface area contributed by atoms with Crippen LogP contribution in [0.3, 0.4) is 0 Å². The van der Waals surface area contributed by atoms with Crippen LogP contribution in [0.2, 0.25) is 0 Å². The molecule has 0 bridgehead atoms. The van der Waals surface area contributed by atoms with E-state index in [4.69, 9.17) is 9.47 Å². The number of aryl methyl sites for hydroxylation is 1. The van der Waals surface area contributed by atoms with E-state index in [1.54, 1.807) is 17.7 Å². The molecule has 0 aliphatic carbocycles. The van der Waals surface area contributed by atoms with Crippen LogP contribution in [0.1, 0.15) is 16.2 Å². The molecule has 0 saturated carbocycles. The van der Waals surface area contributed by atoms with E-state index in [2.05, 4.69) is 32.2 Å². The number of aromatic nitrogens is 2. The molecule has 9 heteroatoms. The third-order valence-corrected chi connectivity index (χ3v) is 6.55. The van der Waals surface area contributed by atoms with E-state index in [1.165, 1.54) is 12.1 Å². The van der Waals surface area contributed by atoms with Gasteiger partial charge in [-0.05, 0) is 67.6 Å². The van der Waals surface area contributed by atoms with Gasteiger partial charge in [0.1, 0.15) is 35.3 Å². The van der Waals surface area contributed by atoms with Gasteiger partial charge in [0.2, 0.25) is 0 Å². The van der Waals surface area contributed by atoms with Crippen molar-refractivity contribution >= 4 is 22.9 Å². The van der Waals surface area contributed by atoms with Gasteiger partial charge < -0.3 is 24.6 Å². The molecule has 192 valence electrons. The third kappa shape index (κ3) is 5.45. The number of pyridine rings is 1. The zero-order chi connectivity index (χ0) is 25.8. The van der Waals surface area contributed by atoms with Crippen LogP contribution < -0.4 is 24.6 Å². The minimum Gasteiger partial charge on any atom is -0.495 e. The highest BCUT2D eigenvalue weighted by Crippen LogP contribution is 2.23. The number of carbonyl (C=O) groups excluding carboxylic acids is 1. The number of ether oxygens (including phenoxy) is 2. The number of piperazine rings is 1. The smallest absolute Gasteiger partial charge is 0.270 e. The van der Waals surface area contributed by atoms with E-state index < -0.39 is 0 Å². The molecule has 1 aliphatic heterocycles. The molecule has 4 aromatic rings. The Labute approximate surface area is 215 Å². The van der Waals surface area contributed by atoms with Crippen LogP contribution in [0.15, 0.2) is 66.9 Å². The zero-order valence-corrected chi connectivity index (χ0v) is 21.0. The van der Waals surface area contributed by atoms with Crippen molar-refractivity contribution in [1.82, 2.24) is 14.7 Å². The quantitative estimate of drug-likeness (QED) is 0.368. The minimum absolute atomic E-state index is 0.211. The number of rotatable bonds is 8. The number of fused-ring (bicyclic) bond motifs is 1. The predicted molar refractivity (Wildman–Crippen MR) is 142 cm³/mol. The summed E-state index contributed by atoms with van der Waals surface area (Å²) in [6, 6.07) is 18.3. The molecule has 1 saturated heterocycles. The molecular formula is C28H30FN5O3. The number of anilines is 2. The number of nitrogens with one attached hydrogen (secondary N) is 1. The minimum atomic E-state index is -0.213. The average molecular weight is 504 g/mol. The number of hydrogen-bond acceptors (Lipinski definition) is 6. The van der Waals surface area contributed by atoms with Crippen molar-refractivity contribution in [1.29, 1.82) is 0 Å². The molecule has 0 unspecified atom stereocenters. The Bertz CT molecular complexity index is 1360. The van der Waals surface area contributed by atoms with Gasteiger partial charge in [-0.1, -0.05) is 0 Å². The van der Waals surface area contributed by atoms with Gasteiger partial charge in [-0.25, -0.2) is 9.37 Å². The van der Waals surface area contributed by atoms with E-state index in [9.17, 15) is 9.18 Å². The molecule has 1 amide bonds. The molecule has 1 aliphatic rings. The van der Waals surface area contributed by atoms with E-state index in [0.717, 1.165) is 43.3 Å². The van der Waals surface area contributed by atoms with Crippen molar-refractivity contribution in [2.75, 3.05) is 56.2 Å². The highest BCUT2D eigenvalue weighted by molar-refractivity contribution is 5.94. The molecule has 8 nitrogen and oxygen atoms in total. The lowest BCUT2D eigenvalue weighted by Crippen LogP contribution is -2.46. The van der Waals surface area contributed by atoms with Gasteiger partial charge in [-0.3, -0.25) is 9.20 Å². The Kier molecular flexibility index (Phi) is 7.11. The molecule has 1 fully saturated rings. The SMILES string of the molecule is COc1ccc2nc(C)c(C(=O)NCCOc3ccc(N4CCN(c5ccc(F)cc5)CC4)cc3)n2c1. The molecule has 5 rings (SSSR count). The standard InChI is InChI=1S/C28H30FN5O3/c1-20-27(34-19-25(36-2)11-12-26(34)31-20)28(35)30-13-18-37-24-9-7-23(8-10-24)33-16-14-32(15-17-33)22-5-3-21(29)4-6-22/h3-12,19H,13-18H2,1-2H3,(H,30,35). The third-order valence-electron chi connectivity index (χ3n) is 6.55. The second-order valence-corrected chi connectivity index (χ2v) is 8.89. The summed E-state index contributed by atoms with van der Waals surface area (Å²) in [7, 11) is 1.59.